The maximum atomic E-state index is 12.8. The van der Waals surface area contributed by atoms with Crippen molar-refractivity contribution in [1.82, 2.24) is 9.36 Å². The summed E-state index contributed by atoms with van der Waals surface area (Å²) in [6.07, 6.45) is 0.776. The Kier molecular flexibility index (Phi) is 5.00. The van der Waals surface area contributed by atoms with Gasteiger partial charge in [-0.2, -0.15) is 0 Å². The van der Waals surface area contributed by atoms with Crippen LogP contribution in [-0.4, -0.2) is 14.5 Å². The second kappa shape index (κ2) is 6.78. The van der Waals surface area contributed by atoms with Crippen LogP contribution in [0.2, 0.25) is 0 Å². The predicted molar refractivity (Wildman–Crippen MR) is 93.8 cm³/mol. The van der Waals surface area contributed by atoms with E-state index >= 15 is 0 Å². The van der Waals surface area contributed by atoms with Gasteiger partial charge in [-0.1, -0.05) is 12.8 Å². The van der Waals surface area contributed by atoms with Gasteiger partial charge in [0.2, 0.25) is 5.88 Å². The summed E-state index contributed by atoms with van der Waals surface area (Å²) in [4.78, 5) is 12.8. The lowest BCUT2D eigenvalue weighted by molar-refractivity contribution is 0.366. The molecular weight excluding hydrogens is 288 g/mol. The molecule has 23 heavy (non-hydrogen) atoms. The van der Waals surface area contributed by atoms with Crippen LogP contribution in [0.5, 0.6) is 5.88 Å². The summed E-state index contributed by atoms with van der Waals surface area (Å²) in [6, 6.07) is 3.99. The van der Waals surface area contributed by atoms with Gasteiger partial charge in [-0.05, 0) is 62.9 Å². The zero-order valence-corrected chi connectivity index (χ0v) is 14.5. The van der Waals surface area contributed by atoms with E-state index in [1.807, 2.05) is 46.8 Å². The number of hydrogen-bond acceptors (Lipinski definition) is 2. The zero-order chi connectivity index (χ0) is 17.1. The quantitative estimate of drug-likeness (QED) is 0.881. The van der Waals surface area contributed by atoms with Gasteiger partial charge in [-0.3, -0.25) is 9.48 Å². The van der Waals surface area contributed by atoms with Crippen LogP contribution in [0.3, 0.4) is 0 Å². The molecule has 0 fully saturated rings. The van der Waals surface area contributed by atoms with Crippen molar-refractivity contribution in [3.63, 3.8) is 0 Å². The van der Waals surface area contributed by atoms with E-state index in [0.29, 0.717) is 18.7 Å². The van der Waals surface area contributed by atoms with Gasteiger partial charge in [0, 0.05) is 18.7 Å². The van der Waals surface area contributed by atoms with E-state index in [1.54, 1.807) is 9.36 Å². The predicted octanol–water partition coefficient (Wildman–Crippen LogP) is 3.30. The van der Waals surface area contributed by atoms with Crippen molar-refractivity contribution in [2.24, 2.45) is 0 Å². The standard InChI is InChI=1S/C19H24N2O2/c1-6-10-14-11-13(5)16(15(7-2)12-14)17-18(22)20(8-3)21(9-4)19(17)23/h11-12,22H,7-9H2,1-5H3. The Balaban J connectivity index is 2.84. The Bertz CT molecular complexity index is 845. The molecule has 1 heterocycles. The molecule has 0 atom stereocenters. The van der Waals surface area contributed by atoms with E-state index in [2.05, 4.69) is 11.8 Å². The average Bonchev–Trinajstić information content (AvgIpc) is 2.77. The van der Waals surface area contributed by atoms with E-state index in [-0.39, 0.29) is 11.4 Å². The third-order valence-electron chi connectivity index (χ3n) is 4.12. The molecule has 0 spiro atoms. The summed E-state index contributed by atoms with van der Waals surface area (Å²) in [7, 11) is 0. The maximum Gasteiger partial charge on any atom is 0.278 e. The van der Waals surface area contributed by atoms with Gasteiger partial charge in [0.25, 0.3) is 5.56 Å². The molecule has 4 nitrogen and oxygen atoms in total. The van der Waals surface area contributed by atoms with Crippen LogP contribution in [-0.2, 0) is 19.5 Å². The van der Waals surface area contributed by atoms with Crippen LogP contribution in [0.25, 0.3) is 11.1 Å². The number of aryl methyl sites for hydroxylation is 2. The van der Waals surface area contributed by atoms with Gasteiger partial charge in [0.1, 0.15) is 5.56 Å². The largest absolute Gasteiger partial charge is 0.493 e. The molecular formula is C19H24N2O2. The topological polar surface area (TPSA) is 47.2 Å². The normalized spacial score (nSPS) is 10.5. The SMILES string of the molecule is CC#Cc1cc(C)c(-c2c(O)n(CC)n(CC)c2=O)c(CC)c1. The van der Waals surface area contributed by atoms with Crippen molar-refractivity contribution < 1.29 is 5.11 Å². The Hall–Kier alpha value is -2.41. The van der Waals surface area contributed by atoms with Crippen LogP contribution in [0, 0.1) is 18.8 Å². The van der Waals surface area contributed by atoms with E-state index in [1.165, 1.54) is 0 Å². The molecule has 0 aliphatic heterocycles. The van der Waals surface area contributed by atoms with Crippen molar-refractivity contribution in [2.75, 3.05) is 0 Å². The van der Waals surface area contributed by atoms with E-state index < -0.39 is 0 Å². The Morgan fingerprint density at radius 2 is 1.74 bits per heavy atom. The second-order valence-electron chi connectivity index (χ2n) is 5.49. The molecule has 4 heteroatoms. The number of aromatic hydroxyl groups is 1. The molecule has 1 N–H and O–H groups in total. The van der Waals surface area contributed by atoms with Crippen molar-refractivity contribution in [1.29, 1.82) is 0 Å². The minimum atomic E-state index is -0.140. The van der Waals surface area contributed by atoms with Gasteiger partial charge >= 0.3 is 0 Å². The zero-order valence-electron chi connectivity index (χ0n) is 14.5. The number of hydrogen-bond donors (Lipinski definition) is 1. The molecule has 0 radical (unpaired) electrons. The molecule has 1 aromatic carbocycles. The molecule has 0 aliphatic rings. The van der Waals surface area contributed by atoms with Crippen molar-refractivity contribution in [2.45, 2.75) is 54.1 Å². The highest BCUT2D eigenvalue weighted by atomic mass is 16.3. The van der Waals surface area contributed by atoms with Gasteiger partial charge in [-0.25, -0.2) is 4.68 Å². The fraction of sp³-hybridized carbons (Fsp3) is 0.421. The van der Waals surface area contributed by atoms with E-state index in [4.69, 9.17) is 0 Å². The van der Waals surface area contributed by atoms with Crippen molar-refractivity contribution in [3.8, 4) is 28.8 Å². The monoisotopic (exact) mass is 312 g/mol. The molecule has 2 aromatic rings. The van der Waals surface area contributed by atoms with Crippen molar-refractivity contribution in [3.05, 3.63) is 39.2 Å². The molecule has 122 valence electrons. The van der Waals surface area contributed by atoms with Crippen molar-refractivity contribution >= 4 is 0 Å². The van der Waals surface area contributed by atoms with Gasteiger partial charge < -0.3 is 5.11 Å². The lowest BCUT2D eigenvalue weighted by Crippen LogP contribution is -2.22. The highest BCUT2D eigenvalue weighted by Crippen LogP contribution is 2.33. The third kappa shape index (κ3) is 2.79. The number of aromatic nitrogens is 2. The van der Waals surface area contributed by atoms with Crippen LogP contribution < -0.4 is 5.56 Å². The number of rotatable bonds is 4. The molecule has 0 saturated carbocycles. The summed E-state index contributed by atoms with van der Waals surface area (Å²) in [5.41, 5.74) is 4.04. The Labute approximate surface area is 137 Å². The third-order valence-corrected chi connectivity index (χ3v) is 4.12. The fourth-order valence-electron chi connectivity index (χ4n) is 3.14. The van der Waals surface area contributed by atoms with Crippen LogP contribution in [0.15, 0.2) is 16.9 Å². The maximum absolute atomic E-state index is 12.8. The Morgan fingerprint density at radius 3 is 2.22 bits per heavy atom. The first-order chi connectivity index (χ1) is 11.0. The van der Waals surface area contributed by atoms with Crippen LogP contribution in [0.1, 0.15) is 44.4 Å². The first-order valence-electron chi connectivity index (χ1n) is 8.09. The summed E-state index contributed by atoms with van der Waals surface area (Å²) >= 11 is 0. The highest BCUT2D eigenvalue weighted by molar-refractivity contribution is 5.75. The summed E-state index contributed by atoms with van der Waals surface area (Å²) < 4.78 is 3.22. The molecule has 0 aliphatic carbocycles. The van der Waals surface area contributed by atoms with Gasteiger partial charge in [-0.15, -0.1) is 5.92 Å². The van der Waals surface area contributed by atoms with E-state index in [0.717, 1.165) is 28.7 Å². The summed E-state index contributed by atoms with van der Waals surface area (Å²) in [5.74, 6) is 6.02. The summed E-state index contributed by atoms with van der Waals surface area (Å²) in [6.45, 7) is 10.7. The lowest BCUT2D eigenvalue weighted by atomic mass is 9.93. The van der Waals surface area contributed by atoms with Crippen LogP contribution in [0.4, 0.5) is 0 Å². The lowest BCUT2D eigenvalue weighted by Gasteiger charge is -2.11. The summed E-state index contributed by atoms with van der Waals surface area (Å²) in [5, 5.41) is 10.6. The van der Waals surface area contributed by atoms with Gasteiger partial charge in [0.05, 0.1) is 0 Å². The fourth-order valence-corrected chi connectivity index (χ4v) is 3.14. The molecule has 0 bridgehead atoms. The van der Waals surface area contributed by atoms with Gasteiger partial charge in [0.15, 0.2) is 0 Å². The highest BCUT2D eigenvalue weighted by Gasteiger charge is 2.23. The Morgan fingerprint density at radius 1 is 1.09 bits per heavy atom. The number of nitrogens with zero attached hydrogens (tertiary/aromatic N) is 2. The average molecular weight is 312 g/mol. The first-order valence-corrected chi connectivity index (χ1v) is 8.09. The molecule has 1 aromatic heterocycles. The van der Waals surface area contributed by atoms with E-state index in [9.17, 15) is 9.90 Å². The number of benzene rings is 1. The molecule has 2 rings (SSSR count). The molecule has 0 saturated heterocycles. The van der Waals surface area contributed by atoms with Crippen LogP contribution >= 0.6 is 0 Å². The first kappa shape index (κ1) is 17.0. The smallest absolute Gasteiger partial charge is 0.278 e. The molecule has 0 amide bonds. The second-order valence-corrected chi connectivity index (χ2v) is 5.49. The minimum Gasteiger partial charge on any atom is -0.493 e. The minimum absolute atomic E-state index is 0.0477. The molecule has 0 unspecified atom stereocenters.